The number of anilines is 2. The third-order valence-electron chi connectivity index (χ3n) is 5.52. The van der Waals surface area contributed by atoms with E-state index >= 15 is 0 Å². The molecule has 4 aromatic rings. The first-order valence-electron chi connectivity index (χ1n) is 10.6. The molecule has 1 aromatic carbocycles. The predicted octanol–water partition coefficient (Wildman–Crippen LogP) is 4.72. The second-order valence-corrected chi connectivity index (χ2v) is 7.90. The summed E-state index contributed by atoms with van der Waals surface area (Å²) >= 11 is 6.34. The molecule has 9 heteroatoms. The van der Waals surface area contributed by atoms with E-state index in [9.17, 15) is 4.79 Å². The monoisotopic (exact) mass is 463 g/mol. The minimum absolute atomic E-state index is 0.149. The van der Waals surface area contributed by atoms with E-state index < -0.39 is 0 Å². The molecule has 33 heavy (non-hydrogen) atoms. The number of carbonyl (C=O) groups excluding carboxylic acids is 1. The number of halogens is 1. The van der Waals surface area contributed by atoms with Crippen molar-refractivity contribution in [2.24, 2.45) is 0 Å². The van der Waals surface area contributed by atoms with E-state index in [1.54, 1.807) is 25.4 Å². The number of ether oxygens (including phenoxy) is 2. The lowest BCUT2D eigenvalue weighted by Gasteiger charge is -2.17. The first kappa shape index (κ1) is 21.1. The third kappa shape index (κ3) is 3.72. The molecule has 0 unspecified atom stereocenters. The summed E-state index contributed by atoms with van der Waals surface area (Å²) in [6.45, 7) is 2.98. The average Bonchev–Trinajstić information content (AvgIpc) is 3.18. The van der Waals surface area contributed by atoms with E-state index in [1.165, 1.54) is 0 Å². The fourth-order valence-electron chi connectivity index (χ4n) is 4.09. The Morgan fingerprint density at radius 1 is 1.21 bits per heavy atom. The lowest BCUT2D eigenvalue weighted by Crippen LogP contribution is -2.31. The highest BCUT2D eigenvalue weighted by molar-refractivity contribution is 6.32. The van der Waals surface area contributed by atoms with Crippen LogP contribution in [0.5, 0.6) is 11.6 Å². The lowest BCUT2D eigenvalue weighted by atomic mass is 10.0. The van der Waals surface area contributed by atoms with Crippen molar-refractivity contribution in [2.45, 2.75) is 13.3 Å². The maximum Gasteiger partial charge on any atom is 0.255 e. The zero-order valence-corrected chi connectivity index (χ0v) is 18.9. The highest BCUT2D eigenvalue weighted by Crippen LogP contribution is 2.42. The van der Waals surface area contributed by atoms with Crippen molar-refractivity contribution < 1.29 is 14.3 Å². The molecule has 0 fully saturated rings. The van der Waals surface area contributed by atoms with Crippen LogP contribution >= 0.6 is 11.6 Å². The van der Waals surface area contributed by atoms with E-state index in [4.69, 9.17) is 21.1 Å². The molecule has 1 aliphatic rings. The van der Waals surface area contributed by atoms with E-state index in [-0.39, 0.29) is 5.91 Å². The molecule has 0 atom stereocenters. The molecule has 3 N–H and O–H groups in total. The number of methoxy groups -OCH3 is 1. The molecule has 0 bridgehead atoms. The fourth-order valence-corrected chi connectivity index (χ4v) is 4.34. The number of hydrogen-bond acceptors (Lipinski definition) is 6. The molecule has 8 nitrogen and oxygen atoms in total. The van der Waals surface area contributed by atoms with Gasteiger partial charge in [0.05, 0.1) is 46.9 Å². The molecule has 0 saturated heterocycles. The van der Waals surface area contributed by atoms with Crippen molar-refractivity contribution in [3.63, 3.8) is 0 Å². The number of amides is 1. The van der Waals surface area contributed by atoms with Crippen LogP contribution in [0.1, 0.15) is 23.0 Å². The van der Waals surface area contributed by atoms with Crippen LogP contribution in [0.4, 0.5) is 11.4 Å². The maximum atomic E-state index is 12.9. The van der Waals surface area contributed by atoms with E-state index in [1.807, 2.05) is 31.2 Å². The van der Waals surface area contributed by atoms with Crippen LogP contribution in [0, 0.1) is 0 Å². The van der Waals surface area contributed by atoms with Crippen LogP contribution in [0.25, 0.3) is 22.3 Å². The van der Waals surface area contributed by atoms with Crippen LogP contribution < -0.4 is 20.1 Å². The minimum atomic E-state index is -0.149. The Morgan fingerprint density at radius 2 is 2.09 bits per heavy atom. The molecule has 0 saturated carbocycles. The van der Waals surface area contributed by atoms with Crippen LogP contribution in [-0.4, -0.2) is 41.1 Å². The second kappa shape index (κ2) is 8.63. The van der Waals surface area contributed by atoms with Gasteiger partial charge in [0.2, 0.25) is 5.88 Å². The van der Waals surface area contributed by atoms with Gasteiger partial charge < -0.3 is 25.1 Å². The van der Waals surface area contributed by atoms with Crippen molar-refractivity contribution in [1.29, 1.82) is 0 Å². The van der Waals surface area contributed by atoms with Gasteiger partial charge in [0.25, 0.3) is 5.91 Å². The van der Waals surface area contributed by atoms with Gasteiger partial charge in [-0.1, -0.05) is 17.7 Å². The third-order valence-corrected chi connectivity index (χ3v) is 5.81. The van der Waals surface area contributed by atoms with Gasteiger partial charge in [-0.05, 0) is 31.2 Å². The highest BCUT2D eigenvalue weighted by Gasteiger charge is 2.28. The molecule has 0 radical (unpaired) electrons. The Labute approximate surface area is 195 Å². The summed E-state index contributed by atoms with van der Waals surface area (Å²) in [6.07, 6.45) is 2.41. The Morgan fingerprint density at radius 3 is 2.91 bits per heavy atom. The van der Waals surface area contributed by atoms with Crippen LogP contribution in [-0.2, 0) is 6.42 Å². The summed E-state index contributed by atoms with van der Waals surface area (Å²) in [7, 11) is 1.56. The Kier molecular flexibility index (Phi) is 5.51. The van der Waals surface area contributed by atoms with Crippen LogP contribution in [0.3, 0.4) is 0 Å². The van der Waals surface area contributed by atoms with Crippen LogP contribution in [0.15, 0.2) is 42.6 Å². The van der Waals surface area contributed by atoms with Gasteiger partial charge in [-0.2, -0.15) is 0 Å². The predicted molar refractivity (Wildman–Crippen MR) is 128 cm³/mol. The average molecular weight is 464 g/mol. The van der Waals surface area contributed by atoms with E-state index in [0.29, 0.717) is 58.7 Å². The number of hydrogen-bond donors (Lipinski definition) is 3. The van der Waals surface area contributed by atoms with E-state index in [2.05, 4.69) is 25.6 Å². The smallest absolute Gasteiger partial charge is 0.255 e. The van der Waals surface area contributed by atoms with E-state index in [0.717, 1.165) is 22.5 Å². The van der Waals surface area contributed by atoms with Gasteiger partial charge in [-0.15, -0.1) is 0 Å². The summed E-state index contributed by atoms with van der Waals surface area (Å²) in [5.74, 6) is 0.857. The number of nitrogens with zero attached hydrogens (tertiary/aromatic N) is 2. The number of pyridine rings is 2. The molecule has 0 spiro atoms. The molecule has 3 aromatic heterocycles. The van der Waals surface area contributed by atoms with Crippen molar-refractivity contribution in [3.8, 4) is 22.9 Å². The highest BCUT2D eigenvalue weighted by atomic mass is 35.5. The van der Waals surface area contributed by atoms with Gasteiger partial charge in [-0.3, -0.25) is 9.78 Å². The first-order chi connectivity index (χ1) is 16.1. The topological polar surface area (TPSA) is 101 Å². The number of rotatable bonds is 6. The zero-order valence-electron chi connectivity index (χ0n) is 18.2. The van der Waals surface area contributed by atoms with Crippen molar-refractivity contribution in [2.75, 3.05) is 25.6 Å². The van der Waals surface area contributed by atoms with Gasteiger partial charge in [0.1, 0.15) is 5.52 Å². The first-order valence-corrected chi connectivity index (χ1v) is 11.0. The minimum Gasteiger partial charge on any atom is -0.493 e. The van der Waals surface area contributed by atoms with Gasteiger partial charge in [-0.25, -0.2) is 4.98 Å². The standard InChI is InChI=1S/C24H22ClN5O3/c1-3-33-18-8-7-16-20(30-18)13(9-11-26-16)21-22(19-15(28-21)10-12-27-24(19)31)29-17-6-4-5-14(25)23(17)32-2/h4-9,11,28-29H,3,10,12H2,1-2H3,(H,27,31). The van der Waals surface area contributed by atoms with Crippen LogP contribution in [0.2, 0.25) is 5.02 Å². The zero-order chi connectivity index (χ0) is 22.9. The maximum absolute atomic E-state index is 12.9. The van der Waals surface area contributed by atoms with Gasteiger partial charge in [0.15, 0.2) is 5.75 Å². The Balaban J connectivity index is 1.74. The molecular formula is C24H22ClN5O3. The summed E-state index contributed by atoms with van der Waals surface area (Å²) in [6, 6.07) is 11.0. The molecule has 1 amide bonds. The quantitative estimate of drug-likeness (QED) is 0.382. The number of aromatic amines is 1. The number of aromatic nitrogens is 3. The number of para-hydroxylation sites is 1. The Bertz CT molecular complexity index is 1370. The van der Waals surface area contributed by atoms with Crippen molar-refractivity contribution >= 4 is 39.9 Å². The molecule has 5 rings (SSSR count). The van der Waals surface area contributed by atoms with Gasteiger partial charge >= 0.3 is 0 Å². The van der Waals surface area contributed by atoms with Gasteiger partial charge in [0, 0.05) is 36.5 Å². The number of benzene rings is 1. The number of fused-ring (bicyclic) bond motifs is 2. The number of H-pyrrole nitrogens is 1. The summed E-state index contributed by atoms with van der Waals surface area (Å²) < 4.78 is 11.1. The fraction of sp³-hybridized carbons (Fsp3) is 0.208. The molecule has 0 aliphatic carbocycles. The number of nitrogens with one attached hydrogen (secondary N) is 3. The molecular weight excluding hydrogens is 442 g/mol. The lowest BCUT2D eigenvalue weighted by molar-refractivity contribution is 0.0947. The number of carbonyl (C=O) groups is 1. The van der Waals surface area contributed by atoms with Crippen molar-refractivity contribution in [1.82, 2.24) is 20.3 Å². The summed E-state index contributed by atoms with van der Waals surface area (Å²) in [5, 5.41) is 6.79. The second-order valence-electron chi connectivity index (χ2n) is 7.49. The SMILES string of the molecule is CCOc1ccc2nccc(-c3[nH]c4c(c3Nc3cccc(Cl)c3OC)C(=O)NCC4)c2n1. The molecule has 168 valence electrons. The normalized spacial score (nSPS) is 12.9. The summed E-state index contributed by atoms with van der Waals surface area (Å²) in [5.41, 5.74) is 5.60. The van der Waals surface area contributed by atoms with Crippen molar-refractivity contribution in [3.05, 3.63) is 58.9 Å². The largest absolute Gasteiger partial charge is 0.493 e. The summed E-state index contributed by atoms with van der Waals surface area (Å²) in [4.78, 5) is 25.5. The Hall–Kier alpha value is -3.78. The molecule has 1 aliphatic heterocycles. The molecule has 4 heterocycles.